The molecule has 3 aromatic heterocycles. The van der Waals surface area contributed by atoms with Gasteiger partial charge in [-0.3, -0.25) is 9.67 Å². The Hall–Kier alpha value is -2.35. The standard InChI is InChI=1S/C18H19ClF3N5/c1-3-16(20)18(21,22)10-25-15-7-24-12(6-11(15)2)8-27-9-13-14(26-27)4-5-23-17(13)19/h4-7,9,16,25H,3,8,10H2,1-2H3. The molecule has 0 fully saturated rings. The predicted molar refractivity (Wildman–Crippen MR) is 99.2 cm³/mol. The van der Waals surface area contributed by atoms with E-state index in [1.165, 1.54) is 13.1 Å². The average molecular weight is 398 g/mol. The van der Waals surface area contributed by atoms with Crippen molar-refractivity contribution in [3.63, 3.8) is 0 Å². The van der Waals surface area contributed by atoms with Gasteiger partial charge in [0.1, 0.15) is 5.15 Å². The fourth-order valence-electron chi connectivity index (χ4n) is 2.72. The lowest BCUT2D eigenvalue weighted by atomic mass is 10.1. The smallest absolute Gasteiger partial charge is 0.295 e. The number of pyridine rings is 2. The molecule has 144 valence electrons. The van der Waals surface area contributed by atoms with Gasteiger partial charge in [-0.15, -0.1) is 0 Å². The molecule has 0 bridgehead atoms. The summed E-state index contributed by atoms with van der Waals surface area (Å²) >= 11 is 6.05. The van der Waals surface area contributed by atoms with Crippen molar-refractivity contribution in [2.45, 2.75) is 38.9 Å². The number of hydrogen-bond acceptors (Lipinski definition) is 4. The number of aromatic nitrogens is 4. The highest BCUT2D eigenvalue weighted by atomic mass is 35.5. The van der Waals surface area contributed by atoms with Crippen molar-refractivity contribution >= 4 is 28.2 Å². The van der Waals surface area contributed by atoms with Gasteiger partial charge in [-0.1, -0.05) is 18.5 Å². The minimum Gasteiger partial charge on any atom is -0.377 e. The van der Waals surface area contributed by atoms with E-state index in [1.54, 1.807) is 36.1 Å². The average Bonchev–Trinajstić information content (AvgIpc) is 3.04. The topological polar surface area (TPSA) is 55.6 Å². The Bertz CT molecular complexity index is 944. The molecule has 5 nitrogen and oxygen atoms in total. The third-order valence-corrected chi connectivity index (χ3v) is 4.56. The molecule has 0 aliphatic carbocycles. The maximum Gasteiger partial charge on any atom is 0.295 e. The SMILES string of the molecule is CCC(F)C(F)(F)CNc1cnc(Cn2cc3c(Cl)nccc3n2)cc1C. The molecular formula is C18H19ClF3N5. The molecule has 0 amide bonds. The first-order chi connectivity index (χ1) is 12.8. The second-order valence-corrected chi connectivity index (χ2v) is 6.70. The van der Waals surface area contributed by atoms with Gasteiger partial charge in [-0.05, 0) is 31.0 Å². The van der Waals surface area contributed by atoms with Crippen LogP contribution in [0.2, 0.25) is 5.15 Å². The minimum atomic E-state index is -3.43. The molecule has 1 unspecified atom stereocenters. The second-order valence-electron chi connectivity index (χ2n) is 6.34. The zero-order valence-electron chi connectivity index (χ0n) is 14.9. The number of fused-ring (bicyclic) bond motifs is 1. The molecule has 0 spiro atoms. The van der Waals surface area contributed by atoms with Gasteiger partial charge in [0.25, 0.3) is 5.92 Å². The number of nitrogens with one attached hydrogen (secondary N) is 1. The summed E-state index contributed by atoms with van der Waals surface area (Å²) in [5.41, 5.74) is 2.61. The summed E-state index contributed by atoms with van der Waals surface area (Å²) < 4.78 is 42.3. The Morgan fingerprint density at radius 1 is 1.33 bits per heavy atom. The first kappa shape index (κ1) is 19.4. The lowest BCUT2D eigenvalue weighted by Crippen LogP contribution is -2.37. The zero-order chi connectivity index (χ0) is 19.6. The van der Waals surface area contributed by atoms with Gasteiger partial charge in [0, 0.05) is 12.4 Å². The summed E-state index contributed by atoms with van der Waals surface area (Å²) in [7, 11) is 0. The molecule has 3 heterocycles. The molecule has 3 rings (SSSR count). The quantitative estimate of drug-likeness (QED) is 0.590. The van der Waals surface area contributed by atoms with Crippen molar-refractivity contribution in [2.24, 2.45) is 0 Å². The van der Waals surface area contributed by atoms with Crippen LogP contribution in [0, 0.1) is 6.92 Å². The molecule has 9 heteroatoms. The highest BCUT2D eigenvalue weighted by Crippen LogP contribution is 2.26. The number of aryl methyl sites for hydroxylation is 1. The summed E-state index contributed by atoms with van der Waals surface area (Å²) in [6.45, 7) is 2.78. The molecule has 0 radical (unpaired) electrons. The normalized spacial score (nSPS) is 13.1. The molecule has 0 aliphatic rings. The van der Waals surface area contributed by atoms with E-state index in [0.717, 1.165) is 16.5 Å². The minimum absolute atomic E-state index is 0.234. The summed E-state index contributed by atoms with van der Waals surface area (Å²) in [6.07, 6.45) is 2.43. The number of rotatable bonds is 7. The van der Waals surface area contributed by atoms with E-state index in [-0.39, 0.29) is 6.42 Å². The molecule has 0 aromatic carbocycles. The van der Waals surface area contributed by atoms with E-state index >= 15 is 0 Å². The van der Waals surface area contributed by atoms with Gasteiger partial charge in [-0.2, -0.15) is 5.10 Å². The Morgan fingerprint density at radius 3 is 2.78 bits per heavy atom. The Morgan fingerprint density at radius 2 is 2.11 bits per heavy atom. The molecule has 0 saturated carbocycles. The molecule has 1 atom stereocenters. The van der Waals surface area contributed by atoms with Crippen molar-refractivity contribution in [1.82, 2.24) is 19.7 Å². The van der Waals surface area contributed by atoms with E-state index in [0.29, 0.717) is 23.1 Å². The van der Waals surface area contributed by atoms with Crippen molar-refractivity contribution < 1.29 is 13.2 Å². The van der Waals surface area contributed by atoms with Crippen LogP contribution in [0.4, 0.5) is 18.9 Å². The second kappa shape index (κ2) is 7.72. The van der Waals surface area contributed by atoms with Crippen LogP contribution in [0.5, 0.6) is 0 Å². The van der Waals surface area contributed by atoms with Crippen LogP contribution in [0.15, 0.2) is 30.7 Å². The highest BCUT2D eigenvalue weighted by Gasteiger charge is 2.38. The van der Waals surface area contributed by atoms with E-state index in [4.69, 9.17) is 11.6 Å². The van der Waals surface area contributed by atoms with Crippen LogP contribution >= 0.6 is 11.6 Å². The third-order valence-electron chi connectivity index (χ3n) is 4.26. The van der Waals surface area contributed by atoms with Crippen LogP contribution in [0.3, 0.4) is 0 Å². The number of hydrogen-bond donors (Lipinski definition) is 1. The third kappa shape index (κ3) is 4.32. The van der Waals surface area contributed by atoms with E-state index < -0.39 is 18.6 Å². The highest BCUT2D eigenvalue weighted by molar-refractivity contribution is 6.34. The molecule has 1 N–H and O–H groups in total. The molecular weight excluding hydrogens is 379 g/mol. The molecule has 0 saturated heterocycles. The maximum absolute atomic E-state index is 13.7. The molecule has 27 heavy (non-hydrogen) atoms. The van der Waals surface area contributed by atoms with Gasteiger partial charge in [0.15, 0.2) is 6.17 Å². The molecule has 3 aromatic rings. The van der Waals surface area contributed by atoms with Crippen molar-refractivity contribution in [3.8, 4) is 0 Å². The Kier molecular flexibility index (Phi) is 5.55. The predicted octanol–water partition coefficient (Wildman–Crippen LogP) is 4.63. The summed E-state index contributed by atoms with van der Waals surface area (Å²) in [5.74, 6) is -3.43. The summed E-state index contributed by atoms with van der Waals surface area (Å²) in [5, 5.41) is 8.12. The fraction of sp³-hybridized carbons (Fsp3) is 0.389. The lowest BCUT2D eigenvalue weighted by molar-refractivity contribution is -0.0607. The van der Waals surface area contributed by atoms with Crippen LogP contribution in [0.1, 0.15) is 24.6 Å². The van der Waals surface area contributed by atoms with Gasteiger partial charge < -0.3 is 5.32 Å². The van der Waals surface area contributed by atoms with E-state index in [2.05, 4.69) is 20.4 Å². The number of anilines is 1. The largest absolute Gasteiger partial charge is 0.377 e. The number of alkyl halides is 3. The lowest BCUT2D eigenvalue weighted by Gasteiger charge is -2.21. The monoisotopic (exact) mass is 397 g/mol. The van der Waals surface area contributed by atoms with Gasteiger partial charge in [-0.25, -0.2) is 18.2 Å². The first-order valence-electron chi connectivity index (χ1n) is 8.49. The maximum atomic E-state index is 13.7. The van der Waals surface area contributed by atoms with Crippen LogP contribution in [-0.2, 0) is 6.54 Å². The van der Waals surface area contributed by atoms with Crippen molar-refractivity contribution in [3.05, 3.63) is 47.1 Å². The zero-order valence-corrected chi connectivity index (χ0v) is 15.6. The van der Waals surface area contributed by atoms with Crippen molar-refractivity contribution in [1.29, 1.82) is 0 Å². The van der Waals surface area contributed by atoms with E-state index in [9.17, 15) is 13.2 Å². The van der Waals surface area contributed by atoms with Gasteiger partial charge in [0.05, 0.1) is 41.6 Å². The van der Waals surface area contributed by atoms with Crippen LogP contribution in [-0.4, -0.2) is 38.4 Å². The Labute approximate surface area is 159 Å². The van der Waals surface area contributed by atoms with Crippen LogP contribution < -0.4 is 5.32 Å². The Balaban J connectivity index is 1.71. The molecule has 0 aliphatic heterocycles. The number of halogens is 4. The number of nitrogens with zero attached hydrogens (tertiary/aromatic N) is 4. The van der Waals surface area contributed by atoms with Crippen LogP contribution in [0.25, 0.3) is 10.9 Å². The van der Waals surface area contributed by atoms with E-state index in [1.807, 2.05) is 0 Å². The van der Waals surface area contributed by atoms with Gasteiger partial charge >= 0.3 is 0 Å². The fourth-order valence-corrected chi connectivity index (χ4v) is 2.92. The summed E-state index contributed by atoms with van der Waals surface area (Å²) in [6, 6.07) is 3.54. The first-order valence-corrected chi connectivity index (χ1v) is 8.87. The van der Waals surface area contributed by atoms with Crippen molar-refractivity contribution in [2.75, 3.05) is 11.9 Å². The van der Waals surface area contributed by atoms with Gasteiger partial charge in [0.2, 0.25) is 0 Å². The summed E-state index contributed by atoms with van der Waals surface area (Å²) in [4.78, 5) is 8.29.